The summed E-state index contributed by atoms with van der Waals surface area (Å²) < 4.78 is 11.6. The van der Waals surface area contributed by atoms with Gasteiger partial charge in [-0.1, -0.05) is 11.2 Å². The Balaban J connectivity index is 2.01. The zero-order valence-corrected chi connectivity index (χ0v) is 12.0. The Labute approximate surface area is 114 Å². The van der Waals surface area contributed by atoms with Crippen LogP contribution in [0.1, 0.15) is 17.0 Å². The maximum Gasteiger partial charge on any atom is 0.134 e. The standard InChI is InChI=1S/C13H15BrN2O2/c1-9-5-11(16-18-9)8-17-13-4-3-10(7-15-2)6-12(13)14/h3-6,15H,7-8H2,1-2H3. The molecule has 5 heteroatoms. The van der Waals surface area contributed by atoms with Crippen molar-refractivity contribution in [2.45, 2.75) is 20.1 Å². The van der Waals surface area contributed by atoms with E-state index in [0.29, 0.717) is 6.61 Å². The minimum absolute atomic E-state index is 0.404. The minimum atomic E-state index is 0.404. The molecule has 0 spiro atoms. The van der Waals surface area contributed by atoms with Crippen LogP contribution < -0.4 is 10.1 Å². The van der Waals surface area contributed by atoms with E-state index >= 15 is 0 Å². The van der Waals surface area contributed by atoms with Gasteiger partial charge in [0.05, 0.1) is 4.47 Å². The molecule has 1 N–H and O–H groups in total. The van der Waals surface area contributed by atoms with Gasteiger partial charge in [0.1, 0.15) is 23.8 Å². The van der Waals surface area contributed by atoms with Gasteiger partial charge in [-0.15, -0.1) is 0 Å². The smallest absolute Gasteiger partial charge is 0.134 e. The molecule has 0 amide bonds. The molecule has 0 saturated heterocycles. The molecule has 4 nitrogen and oxygen atoms in total. The molecule has 1 heterocycles. The molecule has 2 rings (SSSR count). The van der Waals surface area contributed by atoms with E-state index in [2.05, 4.69) is 26.4 Å². The van der Waals surface area contributed by atoms with Crippen molar-refractivity contribution in [3.63, 3.8) is 0 Å². The molecule has 0 aliphatic heterocycles. The molecule has 0 aliphatic carbocycles. The minimum Gasteiger partial charge on any atom is -0.486 e. The fourth-order valence-corrected chi connectivity index (χ4v) is 2.15. The lowest BCUT2D eigenvalue weighted by Crippen LogP contribution is -2.05. The fourth-order valence-electron chi connectivity index (χ4n) is 1.61. The summed E-state index contributed by atoms with van der Waals surface area (Å²) in [6, 6.07) is 7.89. The van der Waals surface area contributed by atoms with Gasteiger partial charge in [-0.25, -0.2) is 0 Å². The van der Waals surface area contributed by atoms with Crippen LogP contribution in [0.5, 0.6) is 5.75 Å². The number of nitrogens with zero attached hydrogens (tertiary/aromatic N) is 1. The van der Waals surface area contributed by atoms with Gasteiger partial charge in [0, 0.05) is 12.6 Å². The predicted octanol–water partition coefficient (Wildman–Crippen LogP) is 3.04. The molecule has 0 saturated carbocycles. The molecule has 0 aliphatic rings. The number of halogens is 1. The number of aryl methyl sites for hydroxylation is 1. The second kappa shape index (κ2) is 6.02. The Kier molecular flexibility index (Phi) is 4.38. The summed E-state index contributed by atoms with van der Waals surface area (Å²) in [6.45, 7) is 3.10. The van der Waals surface area contributed by atoms with E-state index in [4.69, 9.17) is 9.26 Å². The SMILES string of the molecule is CNCc1ccc(OCc2cc(C)on2)c(Br)c1. The van der Waals surface area contributed by atoms with Crippen LogP contribution >= 0.6 is 15.9 Å². The van der Waals surface area contributed by atoms with E-state index in [1.54, 1.807) is 0 Å². The highest BCUT2D eigenvalue weighted by Crippen LogP contribution is 2.26. The molecule has 18 heavy (non-hydrogen) atoms. The van der Waals surface area contributed by atoms with Crippen LogP contribution in [0.4, 0.5) is 0 Å². The summed E-state index contributed by atoms with van der Waals surface area (Å²) in [5.41, 5.74) is 1.99. The third-order valence-electron chi connectivity index (χ3n) is 2.43. The van der Waals surface area contributed by atoms with Crippen molar-refractivity contribution in [3.05, 3.63) is 45.8 Å². The van der Waals surface area contributed by atoms with E-state index < -0.39 is 0 Å². The number of rotatable bonds is 5. The number of hydrogen-bond donors (Lipinski definition) is 1. The van der Waals surface area contributed by atoms with Crippen molar-refractivity contribution in [3.8, 4) is 5.75 Å². The van der Waals surface area contributed by atoms with Gasteiger partial charge < -0.3 is 14.6 Å². The first-order valence-electron chi connectivity index (χ1n) is 5.67. The molecule has 1 aromatic carbocycles. The Hall–Kier alpha value is -1.33. The van der Waals surface area contributed by atoms with Crippen LogP contribution in [0.3, 0.4) is 0 Å². The average Bonchev–Trinajstić information content (AvgIpc) is 2.74. The molecule has 1 aromatic heterocycles. The van der Waals surface area contributed by atoms with Crippen LogP contribution in [-0.4, -0.2) is 12.2 Å². The number of benzene rings is 1. The Bertz CT molecular complexity index is 525. The van der Waals surface area contributed by atoms with Crippen LogP contribution in [0, 0.1) is 6.92 Å². The zero-order valence-electron chi connectivity index (χ0n) is 10.4. The van der Waals surface area contributed by atoms with Crippen molar-refractivity contribution in [1.82, 2.24) is 10.5 Å². The highest BCUT2D eigenvalue weighted by Gasteiger charge is 2.05. The molecule has 0 atom stereocenters. The molecule has 0 fully saturated rings. The Morgan fingerprint density at radius 2 is 2.22 bits per heavy atom. The van der Waals surface area contributed by atoms with Crippen LogP contribution in [0.15, 0.2) is 33.3 Å². The molecular weight excluding hydrogens is 296 g/mol. The van der Waals surface area contributed by atoms with Crippen LogP contribution in [-0.2, 0) is 13.2 Å². The molecule has 0 unspecified atom stereocenters. The van der Waals surface area contributed by atoms with Crippen LogP contribution in [0.25, 0.3) is 0 Å². The van der Waals surface area contributed by atoms with E-state index in [9.17, 15) is 0 Å². The second-order valence-corrected chi connectivity index (χ2v) is 4.87. The zero-order chi connectivity index (χ0) is 13.0. The number of aromatic nitrogens is 1. The van der Waals surface area contributed by atoms with Crippen molar-refractivity contribution in [2.24, 2.45) is 0 Å². The Morgan fingerprint density at radius 1 is 1.39 bits per heavy atom. The Morgan fingerprint density at radius 3 is 2.83 bits per heavy atom. The number of nitrogens with one attached hydrogen (secondary N) is 1. The first kappa shape index (κ1) is 13.1. The van der Waals surface area contributed by atoms with E-state index in [-0.39, 0.29) is 0 Å². The molecule has 0 bridgehead atoms. The average molecular weight is 311 g/mol. The van der Waals surface area contributed by atoms with Gasteiger partial charge in [0.25, 0.3) is 0 Å². The van der Waals surface area contributed by atoms with Crippen LogP contribution in [0.2, 0.25) is 0 Å². The van der Waals surface area contributed by atoms with Gasteiger partial charge >= 0.3 is 0 Å². The predicted molar refractivity (Wildman–Crippen MR) is 72.5 cm³/mol. The highest BCUT2D eigenvalue weighted by atomic mass is 79.9. The largest absolute Gasteiger partial charge is 0.486 e. The van der Waals surface area contributed by atoms with Gasteiger partial charge in [0.15, 0.2) is 0 Å². The maximum atomic E-state index is 5.68. The quantitative estimate of drug-likeness (QED) is 0.922. The van der Waals surface area contributed by atoms with E-state index in [1.807, 2.05) is 38.2 Å². The lowest BCUT2D eigenvalue weighted by molar-refractivity contribution is 0.286. The number of hydrogen-bond acceptors (Lipinski definition) is 4. The summed E-state index contributed by atoms with van der Waals surface area (Å²) in [5.74, 6) is 1.59. The summed E-state index contributed by atoms with van der Waals surface area (Å²) in [5, 5.41) is 6.99. The third-order valence-corrected chi connectivity index (χ3v) is 3.05. The maximum absolute atomic E-state index is 5.68. The second-order valence-electron chi connectivity index (χ2n) is 4.01. The third kappa shape index (κ3) is 3.34. The summed E-state index contributed by atoms with van der Waals surface area (Å²) in [6.07, 6.45) is 0. The lowest BCUT2D eigenvalue weighted by Gasteiger charge is -2.08. The van der Waals surface area contributed by atoms with Crippen molar-refractivity contribution in [1.29, 1.82) is 0 Å². The van der Waals surface area contributed by atoms with E-state index in [0.717, 1.165) is 28.2 Å². The summed E-state index contributed by atoms with van der Waals surface area (Å²) in [7, 11) is 1.92. The topological polar surface area (TPSA) is 47.3 Å². The summed E-state index contributed by atoms with van der Waals surface area (Å²) >= 11 is 3.50. The lowest BCUT2D eigenvalue weighted by atomic mass is 10.2. The highest BCUT2D eigenvalue weighted by molar-refractivity contribution is 9.10. The van der Waals surface area contributed by atoms with Crippen molar-refractivity contribution >= 4 is 15.9 Å². The monoisotopic (exact) mass is 310 g/mol. The first-order chi connectivity index (χ1) is 8.69. The van der Waals surface area contributed by atoms with Gasteiger partial charge in [-0.3, -0.25) is 0 Å². The van der Waals surface area contributed by atoms with E-state index in [1.165, 1.54) is 5.56 Å². The fraction of sp³-hybridized carbons (Fsp3) is 0.308. The first-order valence-corrected chi connectivity index (χ1v) is 6.46. The molecular formula is C13H15BrN2O2. The van der Waals surface area contributed by atoms with Gasteiger partial charge in [-0.2, -0.15) is 0 Å². The van der Waals surface area contributed by atoms with Gasteiger partial charge in [-0.05, 0) is 47.6 Å². The van der Waals surface area contributed by atoms with Crippen molar-refractivity contribution < 1.29 is 9.26 Å². The van der Waals surface area contributed by atoms with Gasteiger partial charge in [0.2, 0.25) is 0 Å². The molecule has 2 aromatic rings. The van der Waals surface area contributed by atoms with Crippen molar-refractivity contribution in [2.75, 3.05) is 7.05 Å². The number of ether oxygens (including phenoxy) is 1. The summed E-state index contributed by atoms with van der Waals surface area (Å²) in [4.78, 5) is 0. The molecule has 96 valence electrons. The normalized spacial score (nSPS) is 10.6. The molecule has 0 radical (unpaired) electrons.